The van der Waals surface area contributed by atoms with E-state index in [0.717, 1.165) is 28.9 Å². The summed E-state index contributed by atoms with van der Waals surface area (Å²) in [6, 6.07) is 13.9. The van der Waals surface area contributed by atoms with E-state index in [2.05, 4.69) is 10.3 Å². The van der Waals surface area contributed by atoms with Crippen molar-refractivity contribution in [2.75, 3.05) is 0 Å². The van der Waals surface area contributed by atoms with Gasteiger partial charge in [-0.2, -0.15) is 0 Å². The Morgan fingerprint density at radius 2 is 2.00 bits per heavy atom. The van der Waals surface area contributed by atoms with Gasteiger partial charge in [-0.05, 0) is 36.6 Å². The van der Waals surface area contributed by atoms with E-state index in [4.69, 9.17) is 0 Å². The SMILES string of the molecule is CCc1nc2cc(C)ccn2c1C(=O)NCc1ccccc1. The third-order valence-electron chi connectivity index (χ3n) is 3.70. The fourth-order valence-electron chi connectivity index (χ4n) is 2.54. The molecule has 1 aromatic carbocycles. The van der Waals surface area contributed by atoms with Crippen LogP contribution in [0.25, 0.3) is 5.65 Å². The Kier molecular flexibility index (Phi) is 3.92. The second kappa shape index (κ2) is 6.02. The highest BCUT2D eigenvalue weighted by Crippen LogP contribution is 2.15. The maximum atomic E-state index is 12.6. The molecule has 0 radical (unpaired) electrons. The minimum Gasteiger partial charge on any atom is -0.347 e. The number of carbonyl (C=O) groups excluding carboxylic acids is 1. The number of aryl methyl sites for hydroxylation is 2. The van der Waals surface area contributed by atoms with Crippen molar-refractivity contribution in [3.05, 3.63) is 71.2 Å². The molecule has 1 amide bonds. The Morgan fingerprint density at radius 1 is 1.23 bits per heavy atom. The van der Waals surface area contributed by atoms with E-state index in [9.17, 15) is 4.79 Å². The number of imidazole rings is 1. The molecule has 0 atom stereocenters. The molecular weight excluding hydrogens is 274 g/mol. The topological polar surface area (TPSA) is 46.4 Å². The van der Waals surface area contributed by atoms with Crippen LogP contribution in [0.3, 0.4) is 0 Å². The molecule has 0 aliphatic carbocycles. The van der Waals surface area contributed by atoms with Gasteiger partial charge in [0, 0.05) is 12.7 Å². The standard InChI is InChI=1S/C18H19N3O/c1-3-15-17(21-10-9-13(2)11-16(21)20-15)18(22)19-12-14-7-5-4-6-8-14/h4-11H,3,12H2,1-2H3,(H,19,22). The highest BCUT2D eigenvalue weighted by atomic mass is 16.1. The molecule has 0 aliphatic rings. The Balaban J connectivity index is 1.89. The largest absolute Gasteiger partial charge is 0.347 e. The lowest BCUT2D eigenvalue weighted by molar-refractivity contribution is 0.0944. The van der Waals surface area contributed by atoms with E-state index >= 15 is 0 Å². The van der Waals surface area contributed by atoms with Gasteiger partial charge in [-0.15, -0.1) is 0 Å². The van der Waals surface area contributed by atoms with Gasteiger partial charge in [0.05, 0.1) is 5.69 Å². The van der Waals surface area contributed by atoms with Crippen molar-refractivity contribution in [2.24, 2.45) is 0 Å². The van der Waals surface area contributed by atoms with E-state index in [1.54, 1.807) is 0 Å². The van der Waals surface area contributed by atoms with Crippen LogP contribution in [0.5, 0.6) is 0 Å². The third-order valence-corrected chi connectivity index (χ3v) is 3.70. The number of nitrogens with one attached hydrogen (secondary N) is 1. The van der Waals surface area contributed by atoms with Crippen LogP contribution in [0.4, 0.5) is 0 Å². The van der Waals surface area contributed by atoms with Gasteiger partial charge in [-0.25, -0.2) is 4.98 Å². The molecule has 3 aromatic rings. The van der Waals surface area contributed by atoms with Crippen molar-refractivity contribution in [1.29, 1.82) is 0 Å². The molecule has 4 nitrogen and oxygen atoms in total. The predicted octanol–water partition coefficient (Wildman–Crippen LogP) is 3.14. The van der Waals surface area contributed by atoms with Gasteiger partial charge in [0.15, 0.2) is 0 Å². The molecule has 2 aromatic heterocycles. The number of benzene rings is 1. The van der Waals surface area contributed by atoms with Gasteiger partial charge in [0.2, 0.25) is 0 Å². The number of hydrogen-bond acceptors (Lipinski definition) is 2. The molecule has 4 heteroatoms. The number of carbonyl (C=O) groups is 1. The average Bonchev–Trinajstić information content (AvgIpc) is 2.91. The highest BCUT2D eigenvalue weighted by Gasteiger charge is 2.17. The van der Waals surface area contributed by atoms with Gasteiger partial charge in [0.1, 0.15) is 11.3 Å². The molecule has 0 saturated carbocycles. The summed E-state index contributed by atoms with van der Waals surface area (Å²) < 4.78 is 1.87. The first-order valence-electron chi connectivity index (χ1n) is 7.48. The van der Waals surface area contributed by atoms with Crippen LogP contribution >= 0.6 is 0 Å². The zero-order valence-electron chi connectivity index (χ0n) is 12.8. The molecular formula is C18H19N3O. The Labute approximate surface area is 129 Å². The fraction of sp³-hybridized carbons (Fsp3) is 0.222. The number of rotatable bonds is 4. The molecule has 1 N–H and O–H groups in total. The van der Waals surface area contributed by atoms with Gasteiger partial charge < -0.3 is 5.32 Å². The number of amides is 1. The van der Waals surface area contributed by atoms with E-state index < -0.39 is 0 Å². The van der Waals surface area contributed by atoms with E-state index in [0.29, 0.717) is 12.2 Å². The number of fused-ring (bicyclic) bond motifs is 1. The Hall–Kier alpha value is -2.62. The van der Waals surface area contributed by atoms with Gasteiger partial charge in [-0.1, -0.05) is 37.3 Å². The molecule has 0 aliphatic heterocycles. The second-order valence-corrected chi connectivity index (χ2v) is 5.36. The van der Waals surface area contributed by atoms with Crippen molar-refractivity contribution >= 4 is 11.6 Å². The number of hydrogen-bond donors (Lipinski definition) is 1. The summed E-state index contributed by atoms with van der Waals surface area (Å²) >= 11 is 0. The Morgan fingerprint density at radius 3 is 2.73 bits per heavy atom. The van der Waals surface area contributed by atoms with Gasteiger partial charge >= 0.3 is 0 Å². The van der Waals surface area contributed by atoms with Crippen molar-refractivity contribution in [2.45, 2.75) is 26.8 Å². The summed E-state index contributed by atoms with van der Waals surface area (Å²) in [4.78, 5) is 17.2. The smallest absolute Gasteiger partial charge is 0.270 e. The molecule has 112 valence electrons. The van der Waals surface area contributed by atoms with E-state index in [1.807, 2.05) is 66.9 Å². The number of aromatic nitrogens is 2. The van der Waals surface area contributed by atoms with E-state index in [-0.39, 0.29) is 5.91 Å². The minimum absolute atomic E-state index is 0.0861. The van der Waals surface area contributed by atoms with Gasteiger partial charge in [0.25, 0.3) is 5.91 Å². The third kappa shape index (κ3) is 2.72. The lowest BCUT2D eigenvalue weighted by Gasteiger charge is -2.07. The van der Waals surface area contributed by atoms with Gasteiger partial charge in [-0.3, -0.25) is 9.20 Å². The molecule has 22 heavy (non-hydrogen) atoms. The maximum absolute atomic E-state index is 12.6. The van der Waals surface area contributed by atoms with Crippen LogP contribution in [0.15, 0.2) is 48.7 Å². The zero-order chi connectivity index (χ0) is 15.5. The molecule has 0 spiro atoms. The first-order chi connectivity index (χ1) is 10.7. The summed E-state index contributed by atoms with van der Waals surface area (Å²) in [5, 5.41) is 2.98. The molecule has 0 bridgehead atoms. The predicted molar refractivity (Wildman–Crippen MR) is 86.9 cm³/mol. The summed E-state index contributed by atoms with van der Waals surface area (Å²) in [7, 11) is 0. The molecule has 0 fully saturated rings. The maximum Gasteiger partial charge on any atom is 0.270 e. The van der Waals surface area contributed by atoms with Crippen LogP contribution in [0.2, 0.25) is 0 Å². The Bertz CT molecular complexity index is 806. The number of nitrogens with zero attached hydrogens (tertiary/aromatic N) is 2. The highest BCUT2D eigenvalue weighted by molar-refractivity contribution is 5.94. The zero-order valence-corrected chi connectivity index (χ0v) is 12.8. The van der Waals surface area contributed by atoms with Crippen LogP contribution in [-0.2, 0) is 13.0 Å². The molecule has 3 rings (SSSR count). The lowest BCUT2D eigenvalue weighted by Crippen LogP contribution is -2.25. The van der Waals surface area contributed by atoms with Crippen molar-refractivity contribution < 1.29 is 4.79 Å². The lowest BCUT2D eigenvalue weighted by atomic mass is 10.2. The quantitative estimate of drug-likeness (QED) is 0.803. The van der Waals surface area contributed by atoms with Crippen molar-refractivity contribution in [1.82, 2.24) is 14.7 Å². The first kappa shape index (κ1) is 14.3. The average molecular weight is 293 g/mol. The van der Waals surface area contributed by atoms with Crippen LogP contribution in [-0.4, -0.2) is 15.3 Å². The van der Waals surface area contributed by atoms with Crippen LogP contribution < -0.4 is 5.32 Å². The van der Waals surface area contributed by atoms with Crippen molar-refractivity contribution in [3.8, 4) is 0 Å². The second-order valence-electron chi connectivity index (χ2n) is 5.36. The molecule has 0 unspecified atom stereocenters. The van der Waals surface area contributed by atoms with Crippen molar-refractivity contribution in [3.63, 3.8) is 0 Å². The first-order valence-corrected chi connectivity index (χ1v) is 7.48. The summed E-state index contributed by atoms with van der Waals surface area (Å²) in [5.41, 5.74) is 4.50. The van der Waals surface area contributed by atoms with Crippen LogP contribution in [0, 0.1) is 6.92 Å². The molecule has 2 heterocycles. The normalized spacial score (nSPS) is 10.8. The summed E-state index contributed by atoms with van der Waals surface area (Å²) in [5.74, 6) is -0.0861. The van der Waals surface area contributed by atoms with Crippen LogP contribution in [0.1, 0.15) is 34.2 Å². The fourth-order valence-corrected chi connectivity index (χ4v) is 2.54. The summed E-state index contributed by atoms with van der Waals surface area (Å²) in [6.07, 6.45) is 2.64. The van der Waals surface area contributed by atoms with E-state index in [1.165, 1.54) is 0 Å². The number of pyridine rings is 1. The molecule has 0 saturated heterocycles. The minimum atomic E-state index is -0.0861. The summed E-state index contributed by atoms with van der Waals surface area (Å²) in [6.45, 7) is 4.56. The monoisotopic (exact) mass is 293 g/mol.